The fourth-order valence-electron chi connectivity index (χ4n) is 1.87. The van der Waals surface area contributed by atoms with E-state index in [-0.39, 0.29) is 12.2 Å². The van der Waals surface area contributed by atoms with Gasteiger partial charge in [-0.25, -0.2) is 9.59 Å². The van der Waals surface area contributed by atoms with Crippen LogP contribution in [0, 0.1) is 0 Å². The molecule has 1 N–H and O–H groups in total. The Morgan fingerprint density at radius 1 is 0.909 bits per heavy atom. The number of aliphatic hydroxyl groups excluding tert-OH is 1. The van der Waals surface area contributed by atoms with Gasteiger partial charge in [-0.3, -0.25) is 4.79 Å². The van der Waals surface area contributed by atoms with Gasteiger partial charge in [0.05, 0.1) is 18.3 Å². The fourth-order valence-corrected chi connectivity index (χ4v) is 1.87. The lowest BCUT2D eigenvalue weighted by atomic mass is 10.1. The van der Waals surface area contributed by atoms with Crippen LogP contribution in [0.25, 0.3) is 0 Å². The third-order valence-corrected chi connectivity index (χ3v) is 3.16. The summed E-state index contributed by atoms with van der Waals surface area (Å²) in [7, 11) is 0. The second-order valence-electron chi connectivity index (χ2n) is 5.34. The van der Waals surface area contributed by atoms with Crippen LogP contribution in [0.1, 0.15) is 39.5 Å². The van der Waals surface area contributed by atoms with Gasteiger partial charge in [0.25, 0.3) is 0 Å². The van der Waals surface area contributed by atoms with Crippen LogP contribution >= 0.6 is 0 Å². The molecular formula is C16H22O6. The number of aliphatic hydroxyl groups is 1. The summed E-state index contributed by atoms with van der Waals surface area (Å²) in [6.45, 7) is 3.38. The fraction of sp³-hybridized carbons (Fsp3) is 0.562. The van der Waals surface area contributed by atoms with E-state index in [0.717, 1.165) is 6.08 Å². The standard InChI is InChI=1S/C16H22O6/c1-11-3-5-13(17)8-10-16(20)22-12(2)4-6-14(18)7-9-15(19)21-11/h7-13,17H,3-6H2,1-2H3/t11-,12-,13+/m1/s1. The van der Waals surface area contributed by atoms with Crippen LogP contribution in [-0.2, 0) is 23.9 Å². The first-order chi connectivity index (χ1) is 10.4. The summed E-state index contributed by atoms with van der Waals surface area (Å²) in [5, 5.41) is 9.73. The molecule has 1 rings (SSSR count). The van der Waals surface area contributed by atoms with Crippen molar-refractivity contribution in [2.45, 2.75) is 57.8 Å². The summed E-state index contributed by atoms with van der Waals surface area (Å²) in [5.41, 5.74) is 0. The van der Waals surface area contributed by atoms with Crippen LogP contribution < -0.4 is 0 Å². The van der Waals surface area contributed by atoms with E-state index in [1.807, 2.05) is 0 Å². The first kappa shape index (κ1) is 18.1. The summed E-state index contributed by atoms with van der Waals surface area (Å²) in [6.07, 6.45) is 4.46. The van der Waals surface area contributed by atoms with Gasteiger partial charge >= 0.3 is 11.9 Å². The predicted octanol–water partition coefficient (Wildman–Crippen LogP) is 1.47. The van der Waals surface area contributed by atoms with Gasteiger partial charge in [-0.05, 0) is 45.3 Å². The lowest BCUT2D eigenvalue weighted by Gasteiger charge is -2.14. The van der Waals surface area contributed by atoms with Crippen molar-refractivity contribution in [2.75, 3.05) is 0 Å². The molecule has 0 radical (unpaired) electrons. The van der Waals surface area contributed by atoms with Crippen LogP contribution in [0.3, 0.4) is 0 Å². The van der Waals surface area contributed by atoms with Crippen LogP contribution in [0.15, 0.2) is 24.3 Å². The smallest absolute Gasteiger partial charge is 0.331 e. The summed E-state index contributed by atoms with van der Waals surface area (Å²) in [4.78, 5) is 34.6. The van der Waals surface area contributed by atoms with E-state index in [0.29, 0.717) is 19.3 Å². The molecule has 0 aromatic rings. The average molecular weight is 310 g/mol. The molecule has 6 nitrogen and oxygen atoms in total. The average Bonchev–Trinajstić information content (AvgIpc) is 2.46. The Hall–Kier alpha value is -1.95. The van der Waals surface area contributed by atoms with Gasteiger partial charge in [-0.2, -0.15) is 0 Å². The molecule has 122 valence electrons. The molecule has 3 atom stereocenters. The number of allylic oxidation sites excluding steroid dienone is 1. The minimum Gasteiger partial charge on any atom is -0.460 e. The molecule has 0 spiro atoms. The third kappa shape index (κ3) is 7.73. The molecule has 0 bridgehead atoms. The van der Waals surface area contributed by atoms with Crippen molar-refractivity contribution >= 4 is 17.7 Å². The van der Waals surface area contributed by atoms with Gasteiger partial charge in [0.2, 0.25) is 0 Å². The van der Waals surface area contributed by atoms with Crippen molar-refractivity contribution in [1.29, 1.82) is 0 Å². The Labute approximate surface area is 129 Å². The number of hydrogen-bond donors (Lipinski definition) is 1. The first-order valence-corrected chi connectivity index (χ1v) is 7.35. The minimum absolute atomic E-state index is 0.167. The zero-order valence-electron chi connectivity index (χ0n) is 12.9. The molecule has 0 fully saturated rings. The molecule has 0 amide bonds. The molecule has 1 heterocycles. The van der Waals surface area contributed by atoms with E-state index in [2.05, 4.69) is 0 Å². The summed E-state index contributed by atoms with van der Waals surface area (Å²) in [5.74, 6) is -1.37. The highest BCUT2D eigenvalue weighted by Crippen LogP contribution is 2.09. The quantitative estimate of drug-likeness (QED) is 0.681. The lowest BCUT2D eigenvalue weighted by molar-refractivity contribution is -0.143. The number of esters is 2. The monoisotopic (exact) mass is 310 g/mol. The summed E-state index contributed by atoms with van der Waals surface area (Å²) in [6, 6.07) is 0. The van der Waals surface area contributed by atoms with Gasteiger partial charge in [0, 0.05) is 18.6 Å². The lowest BCUT2D eigenvalue weighted by Crippen LogP contribution is -2.17. The maximum atomic E-state index is 11.6. The van der Waals surface area contributed by atoms with E-state index < -0.39 is 30.3 Å². The Balaban J connectivity index is 2.72. The molecule has 0 saturated heterocycles. The van der Waals surface area contributed by atoms with Crippen molar-refractivity contribution in [3.8, 4) is 0 Å². The van der Waals surface area contributed by atoms with Gasteiger partial charge in [0.15, 0.2) is 5.78 Å². The molecule has 6 heteroatoms. The van der Waals surface area contributed by atoms with Crippen molar-refractivity contribution in [3.63, 3.8) is 0 Å². The molecule has 1 aliphatic heterocycles. The number of carbonyl (C=O) groups excluding carboxylic acids is 3. The van der Waals surface area contributed by atoms with E-state index in [1.165, 1.54) is 18.2 Å². The number of cyclic esters (lactones) is 2. The maximum Gasteiger partial charge on any atom is 0.331 e. The highest BCUT2D eigenvalue weighted by molar-refractivity contribution is 5.95. The Morgan fingerprint density at radius 3 is 2.18 bits per heavy atom. The normalized spacial score (nSPS) is 29.0. The van der Waals surface area contributed by atoms with E-state index in [1.54, 1.807) is 13.8 Å². The third-order valence-electron chi connectivity index (χ3n) is 3.16. The predicted molar refractivity (Wildman–Crippen MR) is 78.9 cm³/mol. The topological polar surface area (TPSA) is 89.9 Å². The van der Waals surface area contributed by atoms with Crippen molar-refractivity contribution < 1.29 is 29.0 Å². The molecule has 22 heavy (non-hydrogen) atoms. The number of carbonyl (C=O) groups is 3. The van der Waals surface area contributed by atoms with Crippen molar-refractivity contribution in [1.82, 2.24) is 0 Å². The molecule has 0 aliphatic carbocycles. The number of ether oxygens (including phenoxy) is 2. The summed E-state index contributed by atoms with van der Waals surface area (Å²) < 4.78 is 10.2. The van der Waals surface area contributed by atoms with Gasteiger partial charge < -0.3 is 14.6 Å². The zero-order valence-corrected chi connectivity index (χ0v) is 12.9. The molecular weight excluding hydrogens is 288 g/mol. The maximum absolute atomic E-state index is 11.6. The second kappa shape index (κ2) is 9.15. The highest BCUT2D eigenvalue weighted by Gasteiger charge is 2.13. The zero-order chi connectivity index (χ0) is 16.5. The summed E-state index contributed by atoms with van der Waals surface area (Å²) >= 11 is 0. The van der Waals surface area contributed by atoms with E-state index in [9.17, 15) is 19.5 Å². The largest absolute Gasteiger partial charge is 0.460 e. The number of ketones is 1. The highest BCUT2D eigenvalue weighted by atomic mass is 16.5. The van der Waals surface area contributed by atoms with Crippen molar-refractivity contribution in [3.05, 3.63) is 24.3 Å². The number of hydrogen-bond acceptors (Lipinski definition) is 6. The molecule has 0 aromatic heterocycles. The molecule has 0 aromatic carbocycles. The van der Waals surface area contributed by atoms with Crippen LogP contribution in [0.5, 0.6) is 0 Å². The minimum atomic E-state index is -0.811. The molecule has 0 saturated carbocycles. The SMILES string of the molecule is C[C@@H]1CCC(=O)C=CC(=O)O[C@H](C)CC[C@H](O)C=CC(=O)O1. The second-order valence-corrected chi connectivity index (χ2v) is 5.34. The Kier molecular flexibility index (Phi) is 7.52. The Morgan fingerprint density at radius 2 is 1.50 bits per heavy atom. The first-order valence-electron chi connectivity index (χ1n) is 7.35. The van der Waals surface area contributed by atoms with Gasteiger partial charge in [-0.15, -0.1) is 0 Å². The molecule has 0 unspecified atom stereocenters. The molecule has 1 aliphatic rings. The number of rotatable bonds is 0. The van der Waals surface area contributed by atoms with E-state index >= 15 is 0 Å². The van der Waals surface area contributed by atoms with Crippen molar-refractivity contribution in [2.24, 2.45) is 0 Å². The Bertz CT molecular complexity index is 465. The van der Waals surface area contributed by atoms with Gasteiger partial charge in [-0.1, -0.05) is 0 Å². The van der Waals surface area contributed by atoms with Crippen LogP contribution in [-0.4, -0.2) is 41.1 Å². The van der Waals surface area contributed by atoms with Gasteiger partial charge in [0.1, 0.15) is 0 Å². The van der Waals surface area contributed by atoms with Crippen LogP contribution in [0.2, 0.25) is 0 Å². The van der Waals surface area contributed by atoms with E-state index in [4.69, 9.17) is 9.47 Å². The van der Waals surface area contributed by atoms with Crippen LogP contribution in [0.4, 0.5) is 0 Å².